The summed E-state index contributed by atoms with van der Waals surface area (Å²) in [6, 6.07) is 10.0. The van der Waals surface area contributed by atoms with Gasteiger partial charge in [-0.05, 0) is 24.3 Å². The zero-order valence-corrected chi connectivity index (χ0v) is 16.5. The molecule has 2 aromatic rings. The third-order valence-electron chi connectivity index (χ3n) is 5.12. The van der Waals surface area contributed by atoms with Crippen molar-refractivity contribution in [2.45, 2.75) is 18.9 Å². The minimum absolute atomic E-state index is 0.172. The predicted molar refractivity (Wildman–Crippen MR) is 106 cm³/mol. The maximum atomic E-state index is 12.7. The molecule has 4 rings (SSSR count). The van der Waals surface area contributed by atoms with Gasteiger partial charge in [0.1, 0.15) is 11.0 Å². The monoisotopic (exact) mass is 410 g/mol. The summed E-state index contributed by atoms with van der Waals surface area (Å²) in [5.74, 6) is 0.730. The van der Waals surface area contributed by atoms with Gasteiger partial charge in [-0.25, -0.2) is 4.98 Å². The lowest BCUT2D eigenvalue weighted by molar-refractivity contribution is 0.0697. The van der Waals surface area contributed by atoms with Crippen molar-refractivity contribution in [3.8, 4) is 0 Å². The molecule has 0 bridgehead atoms. The molecule has 27 heavy (non-hydrogen) atoms. The molecule has 1 N–H and O–H groups in total. The zero-order valence-electron chi connectivity index (χ0n) is 15.0. The second-order valence-electron chi connectivity index (χ2n) is 6.86. The minimum Gasteiger partial charge on any atom is -0.379 e. The van der Waals surface area contributed by atoms with Gasteiger partial charge in [-0.2, -0.15) is 17.0 Å². The molecule has 0 unspecified atom stereocenters. The number of hydrogen-bond acceptors (Lipinski definition) is 5. The molecule has 9 heteroatoms. The lowest BCUT2D eigenvalue weighted by Crippen LogP contribution is -2.51. The van der Waals surface area contributed by atoms with Crippen LogP contribution in [0.5, 0.6) is 0 Å². The molecule has 0 radical (unpaired) electrons. The van der Waals surface area contributed by atoms with E-state index in [1.165, 1.54) is 4.31 Å². The normalized spacial score (nSPS) is 20.8. The second-order valence-corrected chi connectivity index (χ2v) is 9.14. The average molecular weight is 411 g/mol. The number of ether oxygens (including phenoxy) is 1. The molecule has 3 heterocycles. The largest absolute Gasteiger partial charge is 0.379 e. The smallest absolute Gasteiger partial charge is 0.282 e. The first-order chi connectivity index (χ1) is 13.0. The summed E-state index contributed by atoms with van der Waals surface area (Å²) in [4.78, 5) is 4.44. The first kappa shape index (κ1) is 18.9. The molecule has 0 spiro atoms. The molecule has 1 aromatic heterocycles. The third-order valence-corrected chi connectivity index (χ3v) is 7.45. The first-order valence-electron chi connectivity index (χ1n) is 9.19. The van der Waals surface area contributed by atoms with E-state index in [0.717, 1.165) is 29.4 Å². The molecule has 2 fully saturated rings. The number of nitrogens with one attached hydrogen (secondary N) is 1. The van der Waals surface area contributed by atoms with Crippen molar-refractivity contribution in [3.05, 3.63) is 35.5 Å². The van der Waals surface area contributed by atoms with Crippen molar-refractivity contribution in [1.29, 1.82) is 0 Å². The maximum absolute atomic E-state index is 12.7. The Morgan fingerprint density at radius 2 is 1.74 bits per heavy atom. The average Bonchev–Trinajstić information content (AvgIpc) is 2.69. The van der Waals surface area contributed by atoms with Gasteiger partial charge in [0, 0.05) is 37.6 Å². The van der Waals surface area contributed by atoms with Crippen LogP contribution in [0, 0.1) is 0 Å². The van der Waals surface area contributed by atoms with E-state index in [0.29, 0.717) is 44.5 Å². The van der Waals surface area contributed by atoms with Crippen LogP contribution >= 0.6 is 11.6 Å². The summed E-state index contributed by atoms with van der Waals surface area (Å²) in [6.07, 6.45) is 1.46. The number of benzene rings is 1. The van der Waals surface area contributed by atoms with Crippen molar-refractivity contribution >= 4 is 38.4 Å². The van der Waals surface area contributed by atoms with Gasteiger partial charge in [-0.15, -0.1) is 0 Å². The predicted octanol–water partition coefficient (Wildman–Crippen LogP) is 2.34. The molecule has 0 atom stereocenters. The molecule has 7 nitrogen and oxygen atoms in total. The van der Waals surface area contributed by atoms with E-state index < -0.39 is 10.2 Å². The Labute approximate surface area is 164 Å². The summed E-state index contributed by atoms with van der Waals surface area (Å²) in [5, 5.41) is 5.85. The number of morpholine rings is 1. The quantitative estimate of drug-likeness (QED) is 0.783. The number of hydrogen-bond donors (Lipinski definition) is 1. The second kappa shape index (κ2) is 7.89. The summed E-state index contributed by atoms with van der Waals surface area (Å²) < 4.78 is 33.8. The van der Waals surface area contributed by atoms with Crippen LogP contribution in [0.4, 0.5) is 5.82 Å². The Morgan fingerprint density at radius 3 is 2.48 bits per heavy atom. The maximum Gasteiger partial charge on any atom is 0.282 e. The summed E-state index contributed by atoms with van der Waals surface area (Å²) in [6.45, 7) is 2.79. The van der Waals surface area contributed by atoms with Crippen LogP contribution in [0.2, 0.25) is 5.15 Å². The SMILES string of the molecule is O=S(=O)(N1CCOCC1)N1CCC(Nc2cc3ccccc3c(Cl)n2)CC1. The topological polar surface area (TPSA) is 74.8 Å². The van der Waals surface area contributed by atoms with Crippen molar-refractivity contribution in [2.75, 3.05) is 44.7 Å². The molecule has 0 saturated carbocycles. The number of nitrogens with zero attached hydrogens (tertiary/aromatic N) is 3. The Morgan fingerprint density at radius 1 is 1.07 bits per heavy atom. The van der Waals surface area contributed by atoms with E-state index in [1.807, 2.05) is 30.3 Å². The van der Waals surface area contributed by atoms with E-state index >= 15 is 0 Å². The Bertz CT molecular complexity index is 910. The van der Waals surface area contributed by atoms with Crippen molar-refractivity contribution < 1.29 is 13.2 Å². The van der Waals surface area contributed by atoms with Crippen LogP contribution in [-0.4, -0.2) is 67.4 Å². The van der Waals surface area contributed by atoms with Crippen molar-refractivity contribution in [3.63, 3.8) is 0 Å². The van der Waals surface area contributed by atoms with E-state index in [9.17, 15) is 8.42 Å². The Kier molecular flexibility index (Phi) is 5.52. The molecular formula is C18H23ClN4O3S. The number of halogens is 1. The fourth-order valence-electron chi connectivity index (χ4n) is 3.61. The third kappa shape index (κ3) is 4.05. The summed E-state index contributed by atoms with van der Waals surface area (Å²) >= 11 is 6.29. The Balaban J connectivity index is 1.40. The van der Waals surface area contributed by atoms with Crippen LogP contribution in [-0.2, 0) is 14.9 Å². The zero-order chi connectivity index (χ0) is 18.9. The molecule has 1 aromatic carbocycles. The number of piperidine rings is 1. The minimum atomic E-state index is -3.39. The van der Waals surface area contributed by atoms with Gasteiger partial charge < -0.3 is 10.1 Å². The van der Waals surface area contributed by atoms with Gasteiger partial charge >= 0.3 is 0 Å². The molecule has 2 saturated heterocycles. The number of rotatable bonds is 4. The highest BCUT2D eigenvalue weighted by Gasteiger charge is 2.33. The summed E-state index contributed by atoms with van der Waals surface area (Å²) in [7, 11) is -3.39. The van der Waals surface area contributed by atoms with Crippen LogP contribution in [0.15, 0.2) is 30.3 Å². The van der Waals surface area contributed by atoms with E-state index in [1.54, 1.807) is 4.31 Å². The standard InChI is InChI=1S/C18H23ClN4O3S/c19-18-16-4-2-1-3-14(16)13-17(21-18)20-15-5-7-22(8-6-15)27(24,25)23-9-11-26-12-10-23/h1-4,13,15H,5-12H2,(H,20,21). The molecule has 2 aliphatic heterocycles. The van der Waals surface area contributed by atoms with Gasteiger partial charge in [0.2, 0.25) is 0 Å². The van der Waals surface area contributed by atoms with Gasteiger partial charge in [-0.1, -0.05) is 35.9 Å². The number of pyridine rings is 1. The molecule has 146 valence electrons. The molecular weight excluding hydrogens is 388 g/mol. The lowest BCUT2D eigenvalue weighted by atomic mass is 10.1. The molecule has 0 aliphatic carbocycles. The van der Waals surface area contributed by atoms with Crippen molar-refractivity contribution in [1.82, 2.24) is 13.6 Å². The fourth-order valence-corrected chi connectivity index (χ4v) is 5.48. The fraction of sp³-hybridized carbons (Fsp3) is 0.500. The van der Waals surface area contributed by atoms with Crippen molar-refractivity contribution in [2.24, 2.45) is 0 Å². The van der Waals surface area contributed by atoms with Crippen LogP contribution < -0.4 is 5.32 Å². The first-order valence-corrected chi connectivity index (χ1v) is 11.0. The number of fused-ring (bicyclic) bond motifs is 1. The highest BCUT2D eigenvalue weighted by atomic mass is 35.5. The summed E-state index contributed by atoms with van der Waals surface area (Å²) in [5.41, 5.74) is 0. The van der Waals surface area contributed by atoms with Gasteiger partial charge in [0.15, 0.2) is 0 Å². The van der Waals surface area contributed by atoms with Gasteiger partial charge in [-0.3, -0.25) is 0 Å². The van der Waals surface area contributed by atoms with E-state index in [2.05, 4.69) is 10.3 Å². The molecule has 2 aliphatic rings. The highest BCUT2D eigenvalue weighted by Crippen LogP contribution is 2.26. The highest BCUT2D eigenvalue weighted by molar-refractivity contribution is 7.86. The van der Waals surface area contributed by atoms with Gasteiger partial charge in [0.05, 0.1) is 13.2 Å². The van der Waals surface area contributed by atoms with Gasteiger partial charge in [0.25, 0.3) is 10.2 Å². The molecule has 0 amide bonds. The van der Waals surface area contributed by atoms with E-state index in [4.69, 9.17) is 16.3 Å². The number of anilines is 1. The van der Waals surface area contributed by atoms with Crippen LogP contribution in [0.3, 0.4) is 0 Å². The lowest BCUT2D eigenvalue weighted by Gasteiger charge is -2.36. The Hall–Kier alpha value is -1.45. The van der Waals surface area contributed by atoms with Crippen LogP contribution in [0.1, 0.15) is 12.8 Å². The van der Waals surface area contributed by atoms with E-state index in [-0.39, 0.29) is 6.04 Å². The van der Waals surface area contributed by atoms with Crippen LogP contribution in [0.25, 0.3) is 10.8 Å². The number of aromatic nitrogens is 1.